The third-order valence-corrected chi connectivity index (χ3v) is 3.01. The number of esters is 1. The third kappa shape index (κ3) is 4.53. The van der Waals surface area contributed by atoms with Crippen molar-refractivity contribution in [1.82, 2.24) is 0 Å². The molecule has 6 heteroatoms. The number of hydrogen-bond donors (Lipinski definition) is 0. The van der Waals surface area contributed by atoms with Crippen LogP contribution in [-0.4, -0.2) is 32.8 Å². The van der Waals surface area contributed by atoms with Gasteiger partial charge in [-0.3, -0.25) is 9.59 Å². The molecule has 1 aromatic carbocycles. The first kappa shape index (κ1) is 17.1. The van der Waals surface area contributed by atoms with Crippen LogP contribution in [0.5, 0.6) is 5.75 Å². The van der Waals surface area contributed by atoms with E-state index in [1.807, 2.05) is 0 Å². The largest absolute Gasteiger partial charge is 0.469 e. The molecule has 0 fully saturated rings. The Morgan fingerprint density at radius 1 is 1.29 bits per heavy atom. The second-order valence-corrected chi connectivity index (χ2v) is 4.69. The Labute approximate surface area is 123 Å². The Morgan fingerprint density at radius 3 is 2.52 bits per heavy atom. The van der Waals surface area contributed by atoms with E-state index in [1.54, 1.807) is 13.8 Å². The van der Waals surface area contributed by atoms with E-state index >= 15 is 0 Å². The predicted octanol–water partition coefficient (Wildman–Crippen LogP) is 2.50. The van der Waals surface area contributed by atoms with Gasteiger partial charge in [0, 0.05) is 19.1 Å². The fourth-order valence-electron chi connectivity index (χ4n) is 1.82. The lowest BCUT2D eigenvalue weighted by atomic mass is 9.95. The number of methoxy groups -OCH3 is 2. The highest BCUT2D eigenvalue weighted by atomic mass is 19.1. The quantitative estimate of drug-likeness (QED) is 0.440. The van der Waals surface area contributed by atoms with E-state index in [4.69, 9.17) is 9.47 Å². The first-order chi connectivity index (χ1) is 9.90. The first-order valence-electron chi connectivity index (χ1n) is 6.43. The van der Waals surface area contributed by atoms with Crippen LogP contribution in [0.2, 0.25) is 0 Å². The zero-order valence-electron chi connectivity index (χ0n) is 12.6. The van der Waals surface area contributed by atoms with Gasteiger partial charge < -0.3 is 14.2 Å². The van der Waals surface area contributed by atoms with Crippen molar-refractivity contribution in [2.75, 3.05) is 21.0 Å². The predicted molar refractivity (Wildman–Crippen MR) is 73.8 cm³/mol. The number of halogens is 1. The number of carbonyl (C=O) groups excluding carboxylic acids is 2. The van der Waals surface area contributed by atoms with Gasteiger partial charge in [0.05, 0.1) is 19.1 Å². The molecule has 0 spiro atoms. The maximum atomic E-state index is 14.0. The highest BCUT2D eigenvalue weighted by Gasteiger charge is 2.23. The molecule has 116 valence electrons. The van der Waals surface area contributed by atoms with E-state index < -0.39 is 23.5 Å². The summed E-state index contributed by atoms with van der Waals surface area (Å²) in [4.78, 5) is 23.4. The lowest BCUT2D eigenvalue weighted by Crippen LogP contribution is -2.18. The molecule has 21 heavy (non-hydrogen) atoms. The van der Waals surface area contributed by atoms with Crippen LogP contribution in [0.4, 0.5) is 4.39 Å². The summed E-state index contributed by atoms with van der Waals surface area (Å²) in [5.74, 6) is -1.98. The van der Waals surface area contributed by atoms with Crippen LogP contribution in [0, 0.1) is 18.7 Å². The molecule has 1 atom stereocenters. The average molecular weight is 298 g/mol. The Morgan fingerprint density at radius 2 is 1.95 bits per heavy atom. The van der Waals surface area contributed by atoms with Crippen LogP contribution in [0.25, 0.3) is 0 Å². The molecule has 0 radical (unpaired) electrons. The number of carbonyl (C=O) groups is 2. The van der Waals surface area contributed by atoms with Crippen LogP contribution in [0.1, 0.15) is 29.3 Å². The van der Waals surface area contributed by atoms with Crippen molar-refractivity contribution in [3.05, 3.63) is 29.1 Å². The van der Waals surface area contributed by atoms with Gasteiger partial charge in [0.25, 0.3) is 0 Å². The molecule has 1 rings (SSSR count). The molecule has 0 saturated heterocycles. The third-order valence-electron chi connectivity index (χ3n) is 3.01. The van der Waals surface area contributed by atoms with Crippen LogP contribution < -0.4 is 4.74 Å². The van der Waals surface area contributed by atoms with Crippen LogP contribution >= 0.6 is 0 Å². The van der Waals surface area contributed by atoms with Crippen LogP contribution in [0.3, 0.4) is 0 Å². The summed E-state index contributed by atoms with van der Waals surface area (Å²) in [7, 11) is 2.70. The minimum Gasteiger partial charge on any atom is -0.469 e. The van der Waals surface area contributed by atoms with Crippen LogP contribution in [0.15, 0.2) is 12.1 Å². The molecule has 0 saturated carbocycles. The normalized spacial score (nSPS) is 11.9. The summed E-state index contributed by atoms with van der Waals surface area (Å²) in [6.45, 7) is 3.25. The van der Waals surface area contributed by atoms with E-state index in [1.165, 1.54) is 20.3 Å². The zero-order valence-corrected chi connectivity index (χ0v) is 12.6. The van der Waals surface area contributed by atoms with Crippen molar-refractivity contribution in [3.8, 4) is 5.75 Å². The monoisotopic (exact) mass is 298 g/mol. The molecular weight excluding hydrogens is 279 g/mol. The van der Waals surface area contributed by atoms with E-state index in [0.717, 1.165) is 6.07 Å². The van der Waals surface area contributed by atoms with Crippen molar-refractivity contribution >= 4 is 11.8 Å². The molecule has 0 N–H and O–H groups in total. The Bertz CT molecular complexity index is 527. The van der Waals surface area contributed by atoms with Crippen molar-refractivity contribution < 1.29 is 28.2 Å². The van der Waals surface area contributed by atoms with E-state index in [0.29, 0.717) is 11.3 Å². The zero-order chi connectivity index (χ0) is 16.0. The number of aryl methyl sites for hydroxylation is 1. The van der Waals surface area contributed by atoms with Crippen molar-refractivity contribution in [2.24, 2.45) is 5.92 Å². The minimum atomic E-state index is -0.687. The Hall–Kier alpha value is -1.95. The number of ketones is 1. The standard InChI is InChI=1S/C15H19FO5/c1-9-5-11(12(16)7-13(9)21-8-19-3)15(18)10(2)6-14(17)20-4/h5,7,10H,6,8H2,1-4H3. The highest BCUT2D eigenvalue weighted by molar-refractivity contribution is 5.99. The summed E-state index contributed by atoms with van der Waals surface area (Å²) < 4.78 is 28.5. The fourth-order valence-corrected chi connectivity index (χ4v) is 1.82. The molecule has 0 bridgehead atoms. The molecule has 0 heterocycles. The lowest BCUT2D eigenvalue weighted by Gasteiger charge is -2.13. The maximum absolute atomic E-state index is 14.0. The molecule has 1 aromatic rings. The van der Waals surface area contributed by atoms with Crippen molar-refractivity contribution in [1.29, 1.82) is 0 Å². The van der Waals surface area contributed by atoms with Gasteiger partial charge in [0.15, 0.2) is 12.6 Å². The molecule has 5 nitrogen and oxygen atoms in total. The van der Waals surface area contributed by atoms with Gasteiger partial charge >= 0.3 is 5.97 Å². The van der Waals surface area contributed by atoms with Gasteiger partial charge in [-0.15, -0.1) is 0 Å². The summed E-state index contributed by atoms with van der Waals surface area (Å²) in [6.07, 6.45) is -0.0876. The van der Waals surface area contributed by atoms with Crippen molar-refractivity contribution in [2.45, 2.75) is 20.3 Å². The van der Waals surface area contributed by atoms with Gasteiger partial charge in [-0.25, -0.2) is 4.39 Å². The number of ether oxygens (including phenoxy) is 3. The highest BCUT2D eigenvalue weighted by Crippen LogP contribution is 2.25. The summed E-state index contributed by atoms with van der Waals surface area (Å²) in [5, 5.41) is 0. The number of rotatable bonds is 7. The minimum absolute atomic E-state index is 0.00762. The summed E-state index contributed by atoms with van der Waals surface area (Å²) in [5.41, 5.74) is 0.552. The maximum Gasteiger partial charge on any atom is 0.306 e. The second-order valence-electron chi connectivity index (χ2n) is 4.69. The van der Waals surface area contributed by atoms with Gasteiger partial charge in [-0.1, -0.05) is 6.92 Å². The van der Waals surface area contributed by atoms with Crippen LogP contribution in [-0.2, 0) is 14.3 Å². The molecule has 1 unspecified atom stereocenters. The molecule has 0 amide bonds. The second kappa shape index (κ2) is 7.73. The Kier molecular flexibility index (Phi) is 6.30. The number of hydrogen-bond acceptors (Lipinski definition) is 5. The lowest BCUT2D eigenvalue weighted by molar-refractivity contribution is -0.141. The summed E-state index contributed by atoms with van der Waals surface area (Å²) in [6, 6.07) is 2.56. The molecule has 0 aromatic heterocycles. The smallest absolute Gasteiger partial charge is 0.306 e. The number of benzene rings is 1. The molecule has 0 aliphatic heterocycles. The van der Waals surface area contributed by atoms with E-state index in [-0.39, 0.29) is 18.8 Å². The van der Waals surface area contributed by atoms with Gasteiger partial charge in [-0.05, 0) is 18.6 Å². The van der Waals surface area contributed by atoms with Gasteiger partial charge in [0.1, 0.15) is 11.6 Å². The summed E-state index contributed by atoms with van der Waals surface area (Å²) >= 11 is 0. The average Bonchev–Trinajstić information content (AvgIpc) is 2.46. The fraction of sp³-hybridized carbons (Fsp3) is 0.467. The van der Waals surface area contributed by atoms with Gasteiger partial charge in [-0.2, -0.15) is 0 Å². The molecule has 0 aliphatic rings. The first-order valence-corrected chi connectivity index (χ1v) is 6.43. The Balaban J connectivity index is 2.95. The van der Waals surface area contributed by atoms with Gasteiger partial charge in [0.2, 0.25) is 0 Å². The van der Waals surface area contributed by atoms with Crippen molar-refractivity contribution in [3.63, 3.8) is 0 Å². The molecule has 0 aliphatic carbocycles. The molecular formula is C15H19FO5. The topological polar surface area (TPSA) is 61.8 Å². The SMILES string of the molecule is COCOc1cc(F)c(C(=O)C(C)CC(=O)OC)cc1C. The number of Topliss-reactive ketones (excluding diaryl/α,β-unsaturated/α-hetero) is 1. The van der Waals surface area contributed by atoms with E-state index in [2.05, 4.69) is 4.74 Å². The van der Waals surface area contributed by atoms with E-state index in [9.17, 15) is 14.0 Å².